The number of hydrogen-bond acceptors (Lipinski definition) is 4. The molecule has 1 aromatic heterocycles. The summed E-state index contributed by atoms with van der Waals surface area (Å²) in [5.41, 5.74) is 0. The van der Waals surface area contributed by atoms with Gasteiger partial charge in [-0.15, -0.1) is 11.3 Å². The van der Waals surface area contributed by atoms with Crippen molar-refractivity contribution in [2.45, 2.75) is 45.8 Å². The van der Waals surface area contributed by atoms with Gasteiger partial charge < -0.3 is 15.0 Å². The lowest BCUT2D eigenvalue weighted by molar-refractivity contribution is 0.0521. The van der Waals surface area contributed by atoms with Crippen molar-refractivity contribution in [2.24, 2.45) is 0 Å². The molecule has 118 valence electrons. The number of aryl methyl sites for hydroxylation is 1. The Kier molecular flexibility index (Phi) is 6.21. The first kappa shape index (κ1) is 16.5. The minimum absolute atomic E-state index is 0.0784. The van der Waals surface area contributed by atoms with E-state index in [0.29, 0.717) is 12.1 Å². The molecule has 0 bridgehead atoms. The fourth-order valence-electron chi connectivity index (χ4n) is 2.53. The molecule has 0 spiro atoms. The maximum Gasteiger partial charge on any atom is 0.261 e. The third-order valence-corrected chi connectivity index (χ3v) is 4.75. The zero-order valence-corrected chi connectivity index (χ0v) is 14.0. The SMILES string of the molecule is Cc1ccc(C(=O)NC2CCN(CCOC(C)C)CC2)s1. The number of likely N-dealkylation sites (tertiary alicyclic amines) is 1. The highest BCUT2D eigenvalue weighted by atomic mass is 32.1. The molecule has 0 aromatic carbocycles. The minimum atomic E-state index is 0.0784. The predicted molar refractivity (Wildman–Crippen MR) is 87.1 cm³/mol. The van der Waals surface area contributed by atoms with Crippen LogP contribution in [0.4, 0.5) is 0 Å². The largest absolute Gasteiger partial charge is 0.377 e. The van der Waals surface area contributed by atoms with Gasteiger partial charge in [0.05, 0.1) is 17.6 Å². The van der Waals surface area contributed by atoms with E-state index in [0.717, 1.165) is 44.0 Å². The third-order valence-electron chi connectivity index (χ3n) is 3.75. The van der Waals surface area contributed by atoms with Crippen LogP contribution in [0.25, 0.3) is 0 Å². The van der Waals surface area contributed by atoms with Gasteiger partial charge in [-0.2, -0.15) is 0 Å². The summed E-state index contributed by atoms with van der Waals surface area (Å²) in [4.78, 5) is 16.5. The smallest absolute Gasteiger partial charge is 0.261 e. The number of rotatable bonds is 6. The molecule has 1 fully saturated rings. The van der Waals surface area contributed by atoms with Crippen LogP contribution in [0.15, 0.2) is 12.1 Å². The minimum Gasteiger partial charge on any atom is -0.377 e. The fourth-order valence-corrected chi connectivity index (χ4v) is 3.30. The highest BCUT2D eigenvalue weighted by Crippen LogP contribution is 2.16. The van der Waals surface area contributed by atoms with Gasteiger partial charge in [-0.25, -0.2) is 0 Å². The Labute approximate surface area is 131 Å². The number of piperidine rings is 1. The van der Waals surface area contributed by atoms with Crippen molar-refractivity contribution in [3.63, 3.8) is 0 Å². The molecule has 1 N–H and O–H groups in total. The van der Waals surface area contributed by atoms with Crippen LogP contribution in [0.5, 0.6) is 0 Å². The standard InChI is InChI=1S/C16H26N2O2S/c1-12(2)20-11-10-18-8-6-14(7-9-18)17-16(19)15-5-4-13(3)21-15/h4-5,12,14H,6-11H2,1-3H3,(H,17,19). The van der Waals surface area contributed by atoms with E-state index in [1.807, 2.05) is 19.1 Å². The monoisotopic (exact) mass is 310 g/mol. The molecule has 1 aliphatic heterocycles. The van der Waals surface area contributed by atoms with Crippen molar-refractivity contribution in [3.8, 4) is 0 Å². The van der Waals surface area contributed by atoms with Crippen LogP contribution in [0.2, 0.25) is 0 Å². The molecular formula is C16H26N2O2S. The maximum atomic E-state index is 12.1. The van der Waals surface area contributed by atoms with E-state index in [2.05, 4.69) is 24.1 Å². The van der Waals surface area contributed by atoms with E-state index in [1.165, 1.54) is 4.88 Å². The summed E-state index contributed by atoms with van der Waals surface area (Å²) >= 11 is 1.56. The fraction of sp³-hybridized carbons (Fsp3) is 0.688. The molecule has 0 atom stereocenters. The number of nitrogens with one attached hydrogen (secondary N) is 1. The average molecular weight is 310 g/mol. The third kappa shape index (κ3) is 5.41. The summed E-state index contributed by atoms with van der Waals surface area (Å²) in [6.07, 6.45) is 2.35. The van der Waals surface area contributed by atoms with Crippen LogP contribution >= 0.6 is 11.3 Å². The molecule has 1 saturated heterocycles. The first-order chi connectivity index (χ1) is 10.0. The van der Waals surface area contributed by atoms with Crippen molar-refractivity contribution < 1.29 is 9.53 Å². The Balaban J connectivity index is 1.68. The van der Waals surface area contributed by atoms with E-state index in [1.54, 1.807) is 11.3 Å². The van der Waals surface area contributed by atoms with Gasteiger partial charge in [-0.05, 0) is 45.7 Å². The van der Waals surface area contributed by atoms with E-state index in [9.17, 15) is 4.79 Å². The second-order valence-corrected chi connectivity index (χ2v) is 7.21. The van der Waals surface area contributed by atoms with E-state index in [-0.39, 0.29) is 5.91 Å². The first-order valence-electron chi connectivity index (χ1n) is 7.76. The molecule has 0 aliphatic carbocycles. The number of amides is 1. The predicted octanol–water partition coefficient (Wildman–Crippen LogP) is 2.68. The molecule has 1 aliphatic rings. The maximum absolute atomic E-state index is 12.1. The van der Waals surface area contributed by atoms with Crippen LogP contribution in [-0.2, 0) is 4.74 Å². The normalized spacial score (nSPS) is 17.3. The Morgan fingerprint density at radius 1 is 1.43 bits per heavy atom. The Bertz CT molecular complexity index is 451. The number of carbonyl (C=O) groups is 1. The average Bonchev–Trinajstić information content (AvgIpc) is 2.87. The van der Waals surface area contributed by atoms with Gasteiger partial charge in [0.25, 0.3) is 5.91 Å². The first-order valence-corrected chi connectivity index (χ1v) is 8.57. The van der Waals surface area contributed by atoms with Crippen LogP contribution in [-0.4, -0.2) is 49.2 Å². The molecule has 2 heterocycles. The summed E-state index contributed by atoms with van der Waals surface area (Å²) in [5.74, 6) is 0.0784. The molecule has 4 nitrogen and oxygen atoms in total. The van der Waals surface area contributed by atoms with Gasteiger partial charge in [0.2, 0.25) is 0 Å². The van der Waals surface area contributed by atoms with Crippen molar-refractivity contribution in [3.05, 3.63) is 21.9 Å². The lowest BCUT2D eigenvalue weighted by Crippen LogP contribution is -2.45. The number of carbonyl (C=O) groups excluding carboxylic acids is 1. The lowest BCUT2D eigenvalue weighted by atomic mass is 10.1. The molecule has 0 unspecified atom stereocenters. The summed E-state index contributed by atoms with van der Waals surface area (Å²) in [7, 11) is 0. The Hall–Kier alpha value is -0.910. The molecule has 0 radical (unpaired) electrons. The van der Waals surface area contributed by atoms with Crippen molar-refractivity contribution >= 4 is 17.2 Å². The van der Waals surface area contributed by atoms with Gasteiger partial charge in [-0.1, -0.05) is 0 Å². The van der Waals surface area contributed by atoms with Crippen LogP contribution < -0.4 is 5.32 Å². The topological polar surface area (TPSA) is 41.6 Å². The van der Waals surface area contributed by atoms with Gasteiger partial charge in [0, 0.05) is 30.6 Å². The summed E-state index contributed by atoms with van der Waals surface area (Å²) in [6, 6.07) is 4.21. The molecule has 0 saturated carbocycles. The van der Waals surface area contributed by atoms with Gasteiger partial charge in [0.15, 0.2) is 0 Å². The van der Waals surface area contributed by atoms with Gasteiger partial charge in [-0.3, -0.25) is 4.79 Å². The zero-order valence-electron chi connectivity index (χ0n) is 13.2. The van der Waals surface area contributed by atoms with Crippen LogP contribution in [0.1, 0.15) is 41.2 Å². The summed E-state index contributed by atoms with van der Waals surface area (Å²) in [5, 5.41) is 3.16. The molecule has 5 heteroatoms. The van der Waals surface area contributed by atoms with E-state index in [4.69, 9.17) is 4.74 Å². The van der Waals surface area contributed by atoms with Gasteiger partial charge in [0.1, 0.15) is 0 Å². The number of nitrogens with zero attached hydrogens (tertiary/aromatic N) is 1. The van der Waals surface area contributed by atoms with E-state index < -0.39 is 0 Å². The van der Waals surface area contributed by atoms with E-state index >= 15 is 0 Å². The van der Waals surface area contributed by atoms with Gasteiger partial charge >= 0.3 is 0 Å². The van der Waals surface area contributed by atoms with Crippen LogP contribution in [0, 0.1) is 6.92 Å². The number of hydrogen-bond donors (Lipinski definition) is 1. The summed E-state index contributed by atoms with van der Waals surface area (Å²) in [6.45, 7) is 10.0. The van der Waals surface area contributed by atoms with Crippen LogP contribution in [0.3, 0.4) is 0 Å². The lowest BCUT2D eigenvalue weighted by Gasteiger charge is -2.32. The highest BCUT2D eigenvalue weighted by molar-refractivity contribution is 7.13. The number of thiophene rings is 1. The van der Waals surface area contributed by atoms with Crippen molar-refractivity contribution in [2.75, 3.05) is 26.2 Å². The molecular weight excluding hydrogens is 284 g/mol. The second-order valence-electron chi connectivity index (χ2n) is 5.92. The van der Waals surface area contributed by atoms with Crippen molar-refractivity contribution in [1.29, 1.82) is 0 Å². The highest BCUT2D eigenvalue weighted by Gasteiger charge is 2.21. The molecule has 21 heavy (non-hydrogen) atoms. The Morgan fingerprint density at radius 2 is 2.14 bits per heavy atom. The molecule has 1 amide bonds. The zero-order chi connectivity index (χ0) is 15.2. The summed E-state index contributed by atoms with van der Waals surface area (Å²) < 4.78 is 5.59. The second kappa shape index (κ2) is 7.92. The van der Waals surface area contributed by atoms with Crippen molar-refractivity contribution in [1.82, 2.24) is 10.2 Å². The Morgan fingerprint density at radius 3 is 2.71 bits per heavy atom. The quantitative estimate of drug-likeness (QED) is 0.878. The molecule has 1 aromatic rings. The number of ether oxygens (including phenoxy) is 1. The molecule has 2 rings (SSSR count).